The molecule has 0 radical (unpaired) electrons. The molecule has 0 unspecified atom stereocenters. The van der Waals surface area contributed by atoms with Gasteiger partial charge in [0, 0.05) is 12.8 Å². The van der Waals surface area contributed by atoms with Crippen molar-refractivity contribution in [1.82, 2.24) is 4.98 Å². The van der Waals surface area contributed by atoms with Crippen LogP contribution in [0.15, 0.2) is 28.7 Å². The monoisotopic (exact) mass is 190 g/mol. The van der Waals surface area contributed by atoms with Gasteiger partial charge >= 0.3 is 0 Å². The van der Waals surface area contributed by atoms with Crippen LogP contribution in [0.5, 0.6) is 0 Å². The van der Waals surface area contributed by atoms with E-state index in [0.29, 0.717) is 0 Å². The van der Waals surface area contributed by atoms with Crippen molar-refractivity contribution in [3.05, 3.63) is 29.3 Å². The molecule has 0 saturated heterocycles. The molecule has 0 aliphatic carbocycles. The van der Waals surface area contributed by atoms with Crippen LogP contribution in [-0.4, -0.2) is 17.7 Å². The first-order chi connectivity index (χ1) is 6.31. The Hall–Kier alpha value is -1.22. The van der Waals surface area contributed by atoms with E-state index in [1.807, 2.05) is 12.4 Å². The maximum absolute atomic E-state index is 4.26. The Bertz CT molecular complexity index is 457. The second-order valence-electron chi connectivity index (χ2n) is 2.84. The molecule has 0 aliphatic rings. The molecule has 0 saturated carbocycles. The van der Waals surface area contributed by atoms with E-state index in [1.165, 1.54) is 4.70 Å². The Labute approximate surface area is 81.0 Å². The van der Waals surface area contributed by atoms with E-state index in [2.05, 4.69) is 28.2 Å². The van der Waals surface area contributed by atoms with Crippen LogP contribution in [0.2, 0.25) is 0 Å². The van der Waals surface area contributed by atoms with Crippen molar-refractivity contribution in [3.8, 4) is 0 Å². The summed E-state index contributed by atoms with van der Waals surface area (Å²) in [5.74, 6) is 0. The Morgan fingerprint density at radius 1 is 1.46 bits per heavy atom. The zero-order valence-electron chi connectivity index (χ0n) is 7.61. The number of aliphatic imine (C=N–C) groups is 1. The molecule has 13 heavy (non-hydrogen) atoms. The van der Waals surface area contributed by atoms with Crippen LogP contribution in [-0.2, 0) is 0 Å². The summed E-state index contributed by atoms with van der Waals surface area (Å²) < 4.78 is 1.23. The second-order valence-corrected chi connectivity index (χ2v) is 3.73. The van der Waals surface area contributed by atoms with Crippen LogP contribution in [0.3, 0.4) is 0 Å². The maximum atomic E-state index is 4.26. The second kappa shape index (κ2) is 3.26. The molecular weight excluding hydrogens is 180 g/mol. The molecule has 2 nitrogen and oxygen atoms in total. The van der Waals surface area contributed by atoms with Gasteiger partial charge in [-0.3, -0.25) is 4.99 Å². The largest absolute Gasteiger partial charge is 0.293 e. The van der Waals surface area contributed by atoms with Crippen molar-refractivity contribution in [2.24, 2.45) is 4.99 Å². The molecule has 2 rings (SSSR count). The van der Waals surface area contributed by atoms with Gasteiger partial charge in [-0.25, -0.2) is 4.98 Å². The third-order valence-corrected chi connectivity index (χ3v) is 2.89. The average Bonchev–Trinajstić information content (AvgIpc) is 2.63. The molecule has 0 fully saturated rings. The van der Waals surface area contributed by atoms with Gasteiger partial charge in [0.2, 0.25) is 0 Å². The Balaban J connectivity index is 2.60. The minimum atomic E-state index is 1.05. The van der Waals surface area contributed by atoms with Crippen LogP contribution in [0, 0.1) is 0 Å². The summed E-state index contributed by atoms with van der Waals surface area (Å²) in [6, 6.07) is 6.26. The number of fused-ring (bicyclic) bond motifs is 1. The normalized spacial score (nSPS) is 12.3. The van der Waals surface area contributed by atoms with Gasteiger partial charge in [-0.2, -0.15) is 0 Å². The van der Waals surface area contributed by atoms with Crippen LogP contribution in [0.1, 0.15) is 12.5 Å². The van der Waals surface area contributed by atoms with Gasteiger partial charge in [0.05, 0.1) is 15.7 Å². The Kier molecular flexibility index (Phi) is 2.10. The smallest absolute Gasteiger partial charge is 0.0818 e. The first-order valence-corrected chi connectivity index (χ1v) is 4.96. The number of thiazole rings is 1. The van der Waals surface area contributed by atoms with E-state index in [1.54, 1.807) is 18.4 Å². The standard InChI is InChI=1S/C10H10N2S/c1-7(11-2)8-3-4-10-9(5-8)12-6-13-10/h3-6H,1-2H3. The van der Waals surface area contributed by atoms with Crippen molar-refractivity contribution >= 4 is 27.3 Å². The molecule has 0 aliphatic heterocycles. The van der Waals surface area contributed by atoms with E-state index in [0.717, 1.165) is 16.8 Å². The lowest BCUT2D eigenvalue weighted by molar-refractivity contribution is 1.41. The minimum absolute atomic E-state index is 1.05. The predicted molar refractivity (Wildman–Crippen MR) is 57.8 cm³/mol. The number of hydrogen-bond acceptors (Lipinski definition) is 3. The first kappa shape index (κ1) is 8.38. The van der Waals surface area contributed by atoms with Gasteiger partial charge in [0.15, 0.2) is 0 Å². The van der Waals surface area contributed by atoms with Gasteiger partial charge in [-0.15, -0.1) is 11.3 Å². The molecule has 0 bridgehead atoms. The molecule has 2 aromatic rings. The lowest BCUT2D eigenvalue weighted by Gasteiger charge is -1.98. The molecule has 0 atom stereocenters. The third-order valence-electron chi connectivity index (χ3n) is 2.08. The summed E-state index contributed by atoms with van der Waals surface area (Å²) in [6.45, 7) is 2.01. The lowest BCUT2D eigenvalue weighted by Crippen LogP contribution is -1.92. The highest BCUT2D eigenvalue weighted by atomic mass is 32.1. The van der Waals surface area contributed by atoms with Crippen molar-refractivity contribution < 1.29 is 0 Å². The van der Waals surface area contributed by atoms with Gasteiger partial charge in [0.25, 0.3) is 0 Å². The molecule has 1 heterocycles. The summed E-state index contributed by atoms with van der Waals surface area (Å²) in [6.07, 6.45) is 0. The number of hydrogen-bond donors (Lipinski definition) is 0. The van der Waals surface area contributed by atoms with E-state index >= 15 is 0 Å². The maximum Gasteiger partial charge on any atom is 0.0818 e. The highest BCUT2D eigenvalue weighted by Gasteiger charge is 2.00. The molecule has 0 N–H and O–H groups in total. The van der Waals surface area contributed by atoms with Gasteiger partial charge in [0.1, 0.15) is 0 Å². The van der Waals surface area contributed by atoms with Crippen LogP contribution >= 0.6 is 11.3 Å². The molecule has 0 amide bonds. The Morgan fingerprint density at radius 3 is 3.08 bits per heavy atom. The number of aromatic nitrogens is 1. The van der Waals surface area contributed by atoms with Crippen LogP contribution < -0.4 is 0 Å². The Morgan fingerprint density at radius 2 is 2.31 bits per heavy atom. The summed E-state index contributed by atoms with van der Waals surface area (Å²) in [7, 11) is 1.81. The van der Waals surface area contributed by atoms with Crippen LogP contribution in [0.4, 0.5) is 0 Å². The van der Waals surface area contributed by atoms with Crippen LogP contribution in [0.25, 0.3) is 10.2 Å². The molecule has 3 heteroatoms. The minimum Gasteiger partial charge on any atom is -0.293 e. The van der Waals surface area contributed by atoms with E-state index in [9.17, 15) is 0 Å². The first-order valence-electron chi connectivity index (χ1n) is 4.08. The fourth-order valence-electron chi connectivity index (χ4n) is 1.21. The van der Waals surface area contributed by atoms with Gasteiger partial charge in [-0.1, -0.05) is 6.07 Å². The molecular formula is C10H10N2S. The molecule has 1 aromatic carbocycles. The fraction of sp³-hybridized carbons (Fsp3) is 0.200. The highest BCUT2D eigenvalue weighted by Crippen LogP contribution is 2.19. The number of benzene rings is 1. The zero-order chi connectivity index (χ0) is 9.26. The zero-order valence-corrected chi connectivity index (χ0v) is 8.43. The predicted octanol–water partition coefficient (Wildman–Crippen LogP) is 2.74. The van der Waals surface area contributed by atoms with E-state index < -0.39 is 0 Å². The van der Waals surface area contributed by atoms with Crippen molar-refractivity contribution in [2.75, 3.05) is 7.05 Å². The van der Waals surface area contributed by atoms with Gasteiger partial charge < -0.3 is 0 Å². The third kappa shape index (κ3) is 1.47. The SMILES string of the molecule is CN=C(C)c1ccc2scnc2c1. The highest BCUT2D eigenvalue weighted by molar-refractivity contribution is 7.16. The summed E-state index contributed by atoms with van der Waals surface area (Å²) in [4.78, 5) is 8.40. The number of nitrogens with zero attached hydrogens (tertiary/aromatic N) is 2. The molecule has 66 valence electrons. The quantitative estimate of drug-likeness (QED) is 0.635. The van der Waals surface area contributed by atoms with Crippen molar-refractivity contribution in [2.45, 2.75) is 6.92 Å². The summed E-state index contributed by atoms with van der Waals surface area (Å²) in [5, 5.41) is 0. The topological polar surface area (TPSA) is 25.2 Å². The number of rotatable bonds is 1. The van der Waals surface area contributed by atoms with Gasteiger partial charge in [-0.05, 0) is 24.6 Å². The summed E-state index contributed by atoms with van der Waals surface area (Å²) in [5.41, 5.74) is 5.13. The van der Waals surface area contributed by atoms with E-state index in [-0.39, 0.29) is 0 Å². The summed E-state index contributed by atoms with van der Waals surface area (Å²) >= 11 is 1.66. The molecule has 0 spiro atoms. The van der Waals surface area contributed by atoms with Crippen molar-refractivity contribution in [3.63, 3.8) is 0 Å². The lowest BCUT2D eigenvalue weighted by atomic mass is 10.1. The van der Waals surface area contributed by atoms with Crippen molar-refractivity contribution in [1.29, 1.82) is 0 Å². The molecule has 1 aromatic heterocycles. The fourth-order valence-corrected chi connectivity index (χ4v) is 1.87. The average molecular weight is 190 g/mol. The van der Waals surface area contributed by atoms with E-state index in [4.69, 9.17) is 0 Å².